The summed E-state index contributed by atoms with van der Waals surface area (Å²) in [5.41, 5.74) is -0.623. The number of urea groups is 2. The molecule has 3 unspecified atom stereocenters. The fraction of sp³-hybridized carbons (Fsp3) is 0.632. The van der Waals surface area contributed by atoms with Crippen LogP contribution in [0.2, 0.25) is 0 Å². The normalized spacial score (nSPS) is 21.4. The summed E-state index contributed by atoms with van der Waals surface area (Å²) in [4.78, 5) is 163. The van der Waals surface area contributed by atoms with Gasteiger partial charge >= 0.3 is 12.1 Å². The highest BCUT2D eigenvalue weighted by atomic mass is 16.2. The number of piperidine rings is 2. The molecular formula is C76H111N7O12. The van der Waals surface area contributed by atoms with E-state index in [2.05, 4.69) is 67.4 Å². The van der Waals surface area contributed by atoms with E-state index in [0.29, 0.717) is 38.9 Å². The van der Waals surface area contributed by atoms with E-state index in [1.807, 2.05) is 151 Å². The second-order valence-corrected chi connectivity index (χ2v) is 32.4. The summed E-state index contributed by atoms with van der Waals surface area (Å²) in [5.74, 6) is -5.96. The molecule has 0 spiro atoms. The molecule has 2 aliphatic heterocycles. The molecule has 19 heteroatoms. The molecule has 4 aliphatic rings. The summed E-state index contributed by atoms with van der Waals surface area (Å²) in [6.07, 6.45) is 4.31. The van der Waals surface area contributed by atoms with E-state index in [0.717, 1.165) is 11.1 Å². The van der Waals surface area contributed by atoms with Gasteiger partial charge in [-0.3, -0.25) is 47.9 Å². The summed E-state index contributed by atoms with van der Waals surface area (Å²) in [7, 11) is 0. The maximum absolute atomic E-state index is 14.2. The van der Waals surface area contributed by atoms with Crippen LogP contribution in [0.15, 0.2) is 86.0 Å². The van der Waals surface area contributed by atoms with Gasteiger partial charge in [0.1, 0.15) is 17.9 Å². The minimum Gasteiger partial charge on any atom is -0.352 e. The van der Waals surface area contributed by atoms with Gasteiger partial charge in [-0.25, -0.2) is 9.59 Å². The monoisotopic (exact) mass is 1310 g/mol. The fourth-order valence-electron chi connectivity index (χ4n) is 13.8. The van der Waals surface area contributed by atoms with Crippen molar-refractivity contribution in [3.63, 3.8) is 0 Å². The number of Topliss-reactive ketones (excluding diaryl/α,β-unsaturated/α-hetero) is 7. The largest absolute Gasteiger partial charge is 0.352 e. The topological polar surface area (TPSA) is 271 Å². The SMILES string of the molecule is C=CCC(CC(=O)[C@@H]1[C@@H]2[C@H](CN1C(=O)[C@@H](NC(=O)NC(C)(C)C)C(C)(C)C)C2(C)C)C(=O)C(=O)CCC(=O)NCc1ccccc1.C=CCCC(CC(=O)[C@@H]1[C@@H]2[C@H](CN1C(=O)[C@@H](NC(=O)NC(C)(C)C)C(C)(C)C)C2(C)C)C(=O)C(=O)CCCC(=O)C(C)Cc1ccccc1. The fourth-order valence-corrected chi connectivity index (χ4v) is 13.8. The zero-order valence-corrected chi connectivity index (χ0v) is 59.9. The third-order valence-electron chi connectivity index (χ3n) is 19.4. The zero-order valence-electron chi connectivity index (χ0n) is 59.9. The second-order valence-electron chi connectivity index (χ2n) is 32.4. The van der Waals surface area contributed by atoms with Crippen molar-refractivity contribution in [3.05, 3.63) is 97.1 Å². The molecule has 6 rings (SSSR count). The van der Waals surface area contributed by atoms with E-state index in [9.17, 15) is 57.5 Å². The number of nitrogens with zero attached hydrogens (tertiary/aromatic N) is 2. The number of allylic oxidation sites excluding steroid dienone is 2. The Balaban J connectivity index is 0.000000345. The van der Waals surface area contributed by atoms with E-state index in [4.69, 9.17) is 0 Å². The van der Waals surface area contributed by atoms with Crippen molar-refractivity contribution in [2.75, 3.05) is 13.1 Å². The summed E-state index contributed by atoms with van der Waals surface area (Å²) in [6.45, 7) is 41.0. The van der Waals surface area contributed by atoms with Crippen LogP contribution in [0.25, 0.3) is 0 Å². The van der Waals surface area contributed by atoms with Gasteiger partial charge in [-0.1, -0.05) is 149 Å². The first-order valence-electron chi connectivity index (χ1n) is 34.0. The molecule has 2 saturated carbocycles. The highest BCUT2D eigenvalue weighted by molar-refractivity contribution is 6.39. The molecule has 19 nitrogen and oxygen atoms in total. The molecule has 11 atom stereocenters. The molecule has 4 fully saturated rings. The number of benzene rings is 2. The molecule has 5 N–H and O–H groups in total. The Hall–Kier alpha value is -7.44. The van der Waals surface area contributed by atoms with Crippen LogP contribution in [-0.4, -0.2) is 128 Å². The molecule has 2 aliphatic carbocycles. The van der Waals surface area contributed by atoms with Gasteiger partial charge in [0.25, 0.3) is 0 Å². The van der Waals surface area contributed by atoms with Gasteiger partial charge in [0, 0.05) is 87.0 Å². The van der Waals surface area contributed by atoms with E-state index in [-0.39, 0.29) is 127 Å². The van der Waals surface area contributed by atoms with E-state index in [1.165, 1.54) is 6.08 Å². The van der Waals surface area contributed by atoms with E-state index in [1.54, 1.807) is 15.9 Å². The quantitative estimate of drug-likeness (QED) is 0.0348. The van der Waals surface area contributed by atoms with Gasteiger partial charge in [0.15, 0.2) is 23.1 Å². The molecule has 522 valence electrons. The Kier molecular flexibility index (Phi) is 26.4. The average molecular weight is 1310 g/mol. The van der Waals surface area contributed by atoms with Gasteiger partial charge in [0.2, 0.25) is 29.3 Å². The summed E-state index contributed by atoms with van der Waals surface area (Å²) in [5, 5.41) is 14.1. The number of ketones is 7. The highest BCUT2D eigenvalue weighted by Crippen LogP contribution is 2.66. The average Bonchev–Trinajstić information content (AvgIpc) is 1.53. The van der Waals surface area contributed by atoms with Crippen LogP contribution in [0, 0.1) is 63.1 Å². The minimum absolute atomic E-state index is 0.0500. The Morgan fingerprint density at radius 1 is 0.558 bits per heavy atom. The lowest BCUT2D eigenvalue weighted by Crippen LogP contribution is -2.60. The van der Waals surface area contributed by atoms with Crippen molar-refractivity contribution in [1.82, 2.24) is 36.4 Å². The number of carbonyl (C=O) groups excluding carboxylic acids is 12. The van der Waals surface area contributed by atoms with Gasteiger partial charge < -0.3 is 36.4 Å². The Labute approximate surface area is 565 Å². The third-order valence-corrected chi connectivity index (χ3v) is 19.4. The summed E-state index contributed by atoms with van der Waals surface area (Å²) in [6, 6.07) is 14.9. The smallest absolute Gasteiger partial charge is 0.315 e. The standard InChI is InChI=1S/C40H59N3O6.C36H52N4O6/c1-11-12-19-27(34(47)30(45)21-16-20-29(44)25(2)22-26-17-14-13-15-18-26)23-31(46)33-32-28(40(32,9)10)24-43(33)36(48)35(38(3,4)5)41-37(49)42-39(6,7)8;1-10-14-23(30(44)25(41)17-18-27(43)37-20-22-15-12-11-13-16-22)19-26(42)29-28-24(36(28,8)9)21-40(29)32(45)31(34(2,3)4)38-33(46)39-35(5,6)7/h11,13-15,17-18,25,27-28,32-33,35H,1,12,16,19-24H2,2-10H3,(H2,41,42,49);10-13,15-16,23-24,28-29,31H,1,14,17-21H2,2-9H3,(H,37,43)(H2,38,39,46)/t25?,27?,28-,32-,33+,35+;23?,24-,28-,29+,31+/m00/s1. The molecular weight excluding hydrogens is 1200 g/mol. The van der Waals surface area contributed by atoms with Crippen LogP contribution in [-0.2, 0) is 60.9 Å². The zero-order chi connectivity index (χ0) is 71.5. The van der Waals surface area contributed by atoms with E-state index < -0.39 is 93.1 Å². The Morgan fingerprint density at radius 3 is 1.40 bits per heavy atom. The minimum atomic E-state index is -0.933. The van der Waals surface area contributed by atoms with Crippen molar-refractivity contribution < 1.29 is 57.5 Å². The van der Waals surface area contributed by atoms with Crippen molar-refractivity contribution in [3.8, 4) is 0 Å². The summed E-state index contributed by atoms with van der Waals surface area (Å²) < 4.78 is 0. The van der Waals surface area contributed by atoms with Crippen molar-refractivity contribution >= 4 is 70.3 Å². The van der Waals surface area contributed by atoms with Crippen LogP contribution >= 0.6 is 0 Å². The lowest BCUT2D eigenvalue weighted by Gasteiger charge is -2.38. The predicted octanol–water partition coefficient (Wildman–Crippen LogP) is 10.6. The predicted molar refractivity (Wildman–Crippen MR) is 368 cm³/mol. The molecule has 95 heavy (non-hydrogen) atoms. The Bertz CT molecular complexity index is 3160. The second kappa shape index (κ2) is 32.1. The Morgan fingerprint density at radius 2 is 0.979 bits per heavy atom. The molecule has 2 heterocycles. The lowest BCUT2D eigenvalue weighted by molar-refractivity contribution is -0.144. The van der Waals surface area contributed by atoms with Gasteiger partial charge in [-0.15, -0.1) is 13.2 Å². The third kappa shape index (κ3) is 21.5. The van der Waals surface area contributed by atoms with Crippen LogP contribution in [0.5, 0.6) is 0 Å². The van der Waals surface area contributed by atoms with Crippen LogP contribution in [0.4, 0.5) is 9.59 Å². The molecule has 2 saturated heterocycles. The van der Waals surface area contributed by atoms with Gasteiger partial charge in [-0.05, 0) is 130 Å². The molecule has 0 bridgehead atoms. The number of rotatable bonds is 31. The van der Waals surface area contributed by atoms with Crippen molar-refractivity contribution in [2.45, 2.75) is 230 Å². The number of amides is 7. The number of carbonyl (C=O) groups is 12. The number of hydrogen-bond acceptors (Lipinski definition) is 12. The first kappa shape index (κ1) is 78.3. The van der Waals surface area contributed by atoms with Gasteiger partial charge in [0.05, 0.1) is 12.1 Å². The van der Waals surface area contributed by atoms with Crippen LogP contribution < -0.4 is 26.6 Å². The van der Waals surface area contributed by atoms with Crippen LogP contribution in [0.1, 0.15) is 193 Å². The molecule has 0 radical (unpaired) electrons. The molecule has 7 amide bonds. The van der Waals surface area contributed by atoms with E-state index >= 15 is 0 Å². The van der Waals surface area contributed by atoms with Crippen LogP contribution in [0.3, 0.4) is 0 Å². The number of nitrogens with one attached hydrogen (secondary N) is 5. The maximum atomic E-state index is 14.2. The molecule has 2 aromatic carbocycles. The maximum Gasteiger partial charge on any atom is 0.315 e. The first-order chi connectivity index (χ1) is 44.0. The van der Waals surface area contributed by atoms with Gasteiger partial charge in [-0.2, -0.15) is 0 Å². The molecule has 2 aromatic rings. The number of likely N-dealkylation sites (tertiary alicyclic amines) is 2. The lowest BCUT2D eigenvalue weighted by atomic mass is 9.83. The highest BCUT2D eigenvalue weighted by Gasteiger charge is 2.71. The summed E-state index contributed by atoms with van der Waals surface area (Å²) >= 11 is 0. The van der Waals surface area contributed by atoms with Crippen molar-refractivity contribution in [2.24, 2.45) is 63.1 Å². The number of hydrogen-bond donors (Lipinski definition) is 5. The molecule has 0 aromatic heterocycles. The van der Waals surface area contributed by atoms with Crippen molar-refractivity contribution in [1.29, 1.82) is 0 Å². The first-order valence-corrected chi connectivity index (χ1v) is 34.0. The number of fused-ring (bicyclic) bond motifs is 2.